The zero-order valence-corrected chi connectivity index (χ0v) is 23.3. The van der Waals surface area contributed by atoms with Gasteiger partial charge in [-0.2, -0.15) is 0 Å². The summed E-state index contributed by atoms with van der Waals surface area (Å²) in [4.78, 5) is 42.7. The fourth-order valence-corrected chi connectivity index (χ4v) is 5.08. The molecule has 0 bridgehead atoms. The van der Waals surface area contributed by atoms with Crippen molar-refractivity contribution >= 4 is 40.9 Å². The normalized spacial score (nSPS) is 10.5. The van der Waals surface area contributed by atoms with Crippen LogP contribution >= 0.6 is 11.8 Å². The topological polar surface area (TPSA) is 97.4 Å². The highest BCUT2D eigenvalue weighted by atomic mass is 32.2. The lowest BCUT2D eigenvalue weighted by Crippen LogP contribution is -2.21. The highest BCUT2D eigenvalue weighted by molar-refractivity contribution is 8.00. The summed E-state index contributed by atoms with van der Waals surface area (Å²) in [5.41, 5.74) is 5.18. The molecule has 1 heterocycles. The van der Waals surface area contributed by atoms with Gasteiger partial charge in [-0.1, -0.05) is 109 Å². The first-order valence-corrected chi connectivity index (χ1v) is 14.2. The monoisotopic (exact) mass is 573 g/mol. The van der Waals surface area contributed by atoms with Crippen molar-refractivity contribution in [2.24, 2.45) is 0 Å². The summed E-state index contributed by atoms with van der Waals surface area (Å²) < 4.78 is 5.31. The third-order valence-electron chi connectivity index (χ3n) is 6.24. The van der Waals surface area contributed by atoms with Crippen molar-refractivity contribution in [3.05, 3.63) is 133 Å². The molecule has 8 heteroatoms. The van der Waals surface area contributed by atoms with Gasteiger partial charge in [0.15, 0.2) is 6.61 Å². The molecule has 0 aliphatic carbocycles. The zero-order chi connectivity index (χ0) is 29.1. The van der Waals surface area contributed by atoms with Crippen molar-refractivity contribution in [2.75, 3.05) is 23.0 Å². The van der Waals surface area contributed by atoms with Crippen LogP contribution in [0.15, 0.2) is 133 Å². The summed E-state index contributed by atoms with van der Waals surface area (Å²) in [5, 5.41) is 6.11. The third-order valence-corrected chi connectivity index (χ3v) is 7.24. The fourth-order valence-electron chi connectivity index (χ4n) is 4.30. The van der Waals surface area contributed by atoms with Gasteiger partial charge in [0.05, 0.1) is 11.3 Å². The second kappa shape index (κ2) is 13.9. The summed E-state index contributed by atoms with van der Waals surface area (Å²) in [6.07, 6.45) is 1.54. The average Bonchev–Trinajstić information content (AvgIpc) is 3.04. The van der Waals surface area contributed by atoms with Crippen LogP contribution in [0.3, 0.4) is 0 Å². The van der Waals surface area contributed by atoms with Crippen molar-refractivity contribution in [1.29, 1.82) is 0 Å². The SMILES string of the molecule is O=C(COC(=O)c1cccnc1SCC(=O)Nc1ccccc1-c1ccccc1)Nc1ccccc1-c1ccccc1. The van der Waals surface area contributed by atoms with Crippen LogP contribution < -0.4 is 10.6 Å². The van der Waals surface area contributed by atoms with Gasteiger partial charge in [-0.3, -0.25) is 9.59 Å². The lowest BCUT2D eigenvalue weighted by molar-refractivity contribution is -0.119. The van der Waals surface area contributed by atoms with Gasteiger partial charge in [-0.15, -0.1) is 0 Å². The number of aromatic nitrogens is 1. The van der Waals surface area contributed by atoms with Crippen LogP contribution in [0, 0.1) is 0 Å². The number of carbonyl (C=O) groups is 3. The van der Waals surface area contributed by atoms with E-state index in [0.29, 0.717) is 16.4 Å². The van der Waals surface area contributed by atoms with E-state index in [9.17, 15) is 14.4 Å². The predicted molar refractivity (Wildman–Crippen MR) is 166 cm³/mol. The lowest BCUT2D eigenvalue weighted by Gasteiger charge is -2.13. The number of hydrogen-bond acceptors (Lipinski definition) is 6. The number of carbonyl (C=O) groups excluding carboxylic acids is 3. The minimum absolute atomic E-state index is 0.0250. The Morgan fingerprint density at radius 2 is 1.14 bits per heavy atom. The number of benzene rings is 4. The number of nitrogens with one attached hydrogen (secondary N) is 2. The molecule has 2 amide bonds. The first-order chi connectivity index (χ1) is 20.6. The standard InChI is InChI=1S/C34H27N3O4S/c38-31(36-29-19-9-7-16-26(29)24-12-3-1-4-13-24)22-41-34(40)28-18-11-21-35-33(28)42-23-32(39)37-30-20-10-8-17-27(30)25-14-5-2-6-15-25/h1-21H,22-23H2,(H,36,38)(H,37,39). The first kappa shape index (κ1) is 28.3. The van der Waals surface area contributed by atoms with E-state index in [0.717, 1.165) is 34.0 Å². The number of hydrogen-bond donors (Lipinski definition) is 2. The minimum atomic E-state index is -0.702. The van der Waals surface area contributed by atoms with Gasteiger partial charge in [-0.25, -0.2) is 9.78 Å². The van der Waals surface area contributed by atoms with Gasteiger partial charge in [0.25, 0.3) is 5.91 Å². The lowest BCUT2D eigenvalue weighted by atomic mass is 10.0. The Bertz CT molecular complexity index is 1690. The number of anilines is 2. The molecular formula is C34H27N3O4S. The van der Waals surface area contributed by atoms with Crippen LogP contribution in [0.1, 0.15) is 10.4 Å². The predicted octanol–water partition coefficient (Wildman–Crippen LogP) is 6.94. The molecule has 208 valence electrons. The number of amides is 2. The van der Waals surface area contributed by atoms with E-state index < -0.39 is 18.5 Å². The first-order valence-electron chi connectivity index (χ1n) is 13.2. The molecule has 0 saturated carbocycles. The summed E-state index contributed by atoms with van der Waals surface area (Å²) >= 11 is 1.12. The maximum Gasteiger partial charge on any atom is 0.341 e. The number of rotatable bonds is 10. The quantitative estimate of drug-likeness (QED) is 0.139. The van der Waals surface area contributed by atoms with Crippen LogP contribution in [-0.4, -0.2) is 35.1 Å². The molecule has 42 heavy (non-hydrogen) atoms. The Hall–Kier alpha value is -5.21. The highest BCUT2D eigenvalue weighted by Crippen LogP contribution is 2.29. The van der Waals surface area contributed by atoms with Crippen LogP contribution in [0.5, 0.6) is 0 Å². The maximum atomic E-state index is 12.9. The van der Waals surface area contributed by atoms with Crippen molar-refractivity contribution in [3.8, 4) is 22.3 Å². The summed E-state index contributed by atoms with van der Waals surface area (Å²) in [6, 6.07) is 37.6. The zero-order valence-electron chi connectivity index (χ0n) is 22.5. The van der Waals surface area contributed by atoms with Crippen molar-refractivity contribution in [2.45, 2.75) is 5.03 Å². The third kappa shape index (κ3) is 7.30. The van der Waals surface area contributed by atoms with Crippen LogP contribution in [0.2, 0.25) is 0 Å². The van der Waals surface area contributed by atoms with E-state index in [2.05, 4.69) is 15.6 Å². The van der Waals surface area contributed by atoms with E-state index in [1.807, 2.05) is 103 Å². The second-order valence-corrected chi connectivity index (χ2v) is 10.1. The Balaban J connectivity index is 1.18. The van der Waals surface area contributed by atoms with E-state index in [1.54, 1.807) is 18.2 Å². The number of nitrogens with zero attached hydrogens (tertiary/aromatic N) is 1. The molecule has 0 aliphatic heterocycles. The molecule has 0 saturated heterocycles. The van der Waals surface area contributed by atoms with Crippen molar-refractivity contribution < 1.29 is 19.1 Å². The Kier molecular flexibility index (Phi) is 9.39. The number of esters is 1. The van der Waals surface area contributed by atoms with Crippen LogP contribution in [0.4, 0.5) is 11.4 Å². The average molecular weight is 574 g/mol. The van der Waals surface area contributed by atoms with Crippen molar-refractivity contribution in [3.63, 3.8) is 0 Å². The molecule has 0 atom stereocenters. The molecule has 4 aromatic carbocycles. The highest BCUT2D eigenvalue weighted by Gasteiger charge is 2.18. The van der Waals surface area contributed by atoms with Gasteiger partial charge in [-0.05, 0) is 35.4 Å². The van der Waals surface area contributed by atoms with E-state index in [4.69, 9.17) is 4.74 Å². The Morgan fingerprint density at radius 1 is 0.619 bits per heavy atom. The molecule has 0 fully saturated rings. The molecule has 7 nitrogen and oxygen atoms in total. The largest absolute Gasteiger partial charge is 0.452 e. The van der Waals surface area contributed by atoms with E-state index in [-0.39, 0.29) is 17.2 Å². The molecule has 0 radical (unpaired) electrons. The minimum Gasteiger partial charge on any atom is -0.452 e. The maximum absolute atomic E-state index is 12.9. The molecular weight excluding hydrogens is 546 g/mol. The van der Waals surface area contributed by atoms with E-state index >= 15 is 0 Å². The van der Waals surface area contributed by atoms with Crippen LogP contribution in [0.25, 0.3) is 22.3 Å². The summed E-state index contributed by atoms with van der Waals surface area (Å²) in [5.74, 6) is -1.39. The molecule has 5 aromatic rings. The van der Waals surface area contributed by atoms with Gasteiger partial charge >= 0.3 is 5.97 Å². The van der Waals surface area contributed by atoms with Gasteiger partial charge in [0.1, 0.15) is 5.03 Å². The molecule has 1 aromatic heterocycles. The number of thioether (sulfide) groups is 1. The summed E-state index contributed by atoms with van der Waals surface area (Å²) in [7, 11) is 0. The van der Waals surface area contributed by atoms with Gasteiger partial charge in [0, 0.05) is 28.7 Å². The molecule has 0 aliphatic rings. The molecule has 5 rings (SSSR count). The fraction of sp³-hybridized carbons (Fsp3) is 0.0588. The van der Waals surface area contributed by atoms with Crippen LogP contribution in [-0.2, 0) is 14.3 Å². The number of ether oxygens (including phenoxy) is 1. The number of para-hydroxylation sites is 2. The summed E-state index contributed by atoms with van der Waals surface area (Å²) in [6.45, 7) is -0.474. The number of pyridine rings is 1. The van der Waals surface area contributed by atoms with Gasteiger partial charge in [0.2, 0.25) is 5.91 Å². The van der Waals surface area contributed by atoms with Gasteiger partial charge < -0.3 is 15.4 Å². The Labute approximate surface area is 248 Å². The molecule has 2 N–H and O–H groups in total. The Morgan fingerprint density at radius 3 is 1.74 bits per heavy atom. The molecule has 0 unspecified atom stereocenters. The second-order valence-electron chi connectivity index (χ2n) is 9.14. The molecule has 0 spiro atoms. The van der Waals surface area contributed by atoms with E-state index in [1.165, 1.54) is 6.20 Å². The smallest absolute Gasteiger partial charge is 0.341 e. The van der Waals surface area contributed by atoms with Crippen molar-refractivity contribution in [1.82, 2.24) is 4.98 Å².